The van der Waals surface area contributed by atoms with Gasteiger partial charge in [0.2, 0.25) is 5.91 Å². The molecule has 3 aromatic carbocycles. The lowest BCUT2D eigenvalue weighted by atomic mass is 9.70. The highest BCUT2D eigenvalue weighted by Crippen LogP contribution is 2.53. The van der Waals surface area contributed by atoms with Crippen LogP contribution in [0.5, 0.6) is 0 Å². The van der Waals surface area contributed by atoms with E-state index in [0.29, 0.717) is 19.4 Å². The molecular formula is C35H39NO4. The number of carboxylic acid groups (broad SMARTS) is 1. The number of unbranched alkanes of at least 4 members (excludes halogenated alkanes) is 1. The number of benzene rings is 3. The van der Waals surface area contributed by atoms with Crippen LogP contribution in [0.1, 0.15) is 56.1 Å². The molecule has 2 N–H and O–H groups in total. The summed E-state index contributed by atoms with van der Waals surface area (Å²) in [5, 5.41) is 12.3. The minimum absolute atomic E-state index is 0.00252. The van der Waals surface area contributed by atoms with Crippen LogP contribution in [0, 0.1) is 5.92 Å². The van der Waals surface area contributed by atoms with Gasteiger partial charge in [-0.05, 0) is 66.7 Å². The van der Waals surface area contributed by atoms with Crippen LogP contribution in [-0.2, 0) is 26.2 Å². The number of aryl methyl sites for hydroxylation is 1. The van der Waals surface area contributed by atoms with E-state index < -0.39 is 5.97 Å². The number of rotatable bonds is 13. The molecule has 0 spiro atoms. The second-order valence-corrected chi connectivity index (χ2v) is 11.2. The molecule has 5 heteroatoms. The van der Waals surface area contributed by atoms with Crippen molar-refractivity contribution in [3.05, 3.63) is 108 Å². The fourth-order valence-electron chi connectivity index (χ4n) is 6.52. The van der Waals surface area contributed by atoms with Crippen LogP contribution in [0.4, 0.5) is 0 Å². The number of nitrogens with one attached hydrogen (secondary N) is 1. The summed E-state index contributed by atoms with van der Waals surface area (Å²) in [6.45, 7) is 0.653. The van der Waals surface area contributed by atoms with Gasteiger partial charge in [0, 0.05) is 18.3 Å². The van der Waals surface area contributed by atoms with Crippen molar-refractivity contribution in [1.82, 2.24) is 5.32 Å². The van der Waals surface area contributed by atoms with Crippen LogP contribution in [0.25, 0.3) is 11.1 Å². The summed E-state index contributed by atoms with van der Waals surface area (Å²) in [5.74, 6) is -0.462. The van der Waals surface area contributed by atoms with Crippen LogP contribution in [-0.4, -0.2) is 35.7 Å². The zero-order valence-corrected chi connectivity index (χ0v) is 23.0. The van der Waals surface area contributed by atoms with E-state index in [1.807, 2.05) is 24.3 Å². The standard InChI is InChI=1S/C35H39NO4/c37-32(18-11-14-26-12-5-3-6-13-26)36-34-30(17-9-1-2-10-19-33(38)39)35(24-31(34)40-25-35)29-22-20-28(21-23-29)27-15-7-4-8-16-27/h1,3-9,12-13,15-16,20-23,30-31,34H,2,10-11,14,17-19,24-25H2,(H,36,37)(H,38,39)/t30-,31-,34-,35-/m0/s1. The molecule has 5 nitrogen and oxygen atoms in total. The van der Waals surface area contributed by atoms with Gasteiger partial charge < -0.3 is 15.2 Å². The average molecular weight is 538 g/mol. The van der Waals surface area contributed by atoms with Gasteiger partial charge in [0.15, 0.2) is 0 Å². The van der Waals surface area contributed by atoms with Crippen LogP contribution in [0.2, 0.25) is 0 Å². The number of aliphatic carboxylic acids is 1. The highest BCUT2D eigenvalue weighted by molar-refractivity contribution is 5.76. The lowest BCUT2D eigenvalue weighted by molar-refractivity contribution is -0.137. The van der Waals surface area contributed by atoms with E-state index in [1.54, 1.807) is 0 Å². The monoisotopic (exact) mass is 537 g/mol. The highest BCUT2D eigenvalue weighted by atomic mass is 16.5. The number of carboxylic acids is 1. The van der Waals surface area contributed by atoms with E-state index in [1.165, 1.54) is 22.3 Å². The molecule has 4 atom stereocenters. The molecule has 2 fully saturated rings. The minimum Gasteiger partial charge on any atom is -0.481 e. The molecule has 2 aliphatic rings. The molecular weight excluding hydrogens is 498 g/mol. The molecule has 1 saturated carbocycles. The molecule has 0 radical (unpaired) electrons. The molecule has 1 aliphatic carbocycles. The molecule has 2 bridgehead atoms. The van der Waals surface area contributed by atoms with Crippen molar-refractivity contribution in [3.8, 4) is 11.1 Å². The fraction of sp³-hybridized carbons (Fsp3) is 0.371. The molecule has 0 aromatic heterocycles. The lowest BCUT2D eigenvalue weighted by Gasteiger charge is -2.39. The van der Waals surface area contributed by atoms with Crippen molar-refractivity contribution in [2.24, 2.45) is 5.92 Å². The van der Waals surface area contributed by atoms with E-state index in [-0.39, 0.29) is 35.8 Å². The topological polar surface area (TPSA) is 75.6 Å². The first-order chi connectivity index (χ1) is 19.5. The van der Waals surface area contributed by atoms with Crippen LogP contribution in [0.3, 0.4) is 0 Å². The lowest BCUT2D eigenvalue weighted by Crippen LogP contribution is -2.51. The third kappa shape index (κ3) is 6.53. The largest absolute Gasteiger partial charge is 0.481 e. The maximum absolute atomic E-state index is 13.1. The molecule has 1 heterocycles. The molecule has 5 rings (SSSR count). The van der Waals surface area contributed by atoms with E-state index >= 15 is 0 Å². The smallest absolute Gasteiger partial charge is 0.303 e. The predicted molar refractivity (Wildman–Crippen MR) is 158 cm³/mol. The molecule has 1 saturated heterocycles. The van der Waals surface area contributed by atoms with Gasteiger partial charge in [-0.25, -0.2) is 0 Å². The number of carbonyl (C=O) groups excluding carboxylic acids is 1. The Hall–Kier alpha value is -3.70. The Morgan fingerprint density at radius 3 is 2.30 bits per heavy atom. The van der Waals surface area contributed by atoms with Gasteiger partial charge in [-0.15, -0.1) is 0 Å². The molecule has 1 amide bonds. The summed E-state index contributed by atoms with van der Waals surface area (Å²) in [4.78, 5) is 24.0. The summed E-state index contributed by atoms with van der Waals surface area (Å²) in [6.07, 6.45) is 9.75. The van der Waals surface area contributed by atoms with Crippen LogP contribution in [0.15, 0.2) is 97.1 Å². The first-order valence-corrected chi connectivity index (χ1v) is 14.5. The Kier molecular flexibility index (Phi) is 9.12. The molecule has 40 heavy (non-hydrogen) atoms. The summed E-state index contributed by atoms with van der Waals surface area (Å²) >= 11 is 0. The zero-order chi connectivity index (χ0) is 27.8. The summed E-state index contributed by atoms with van der Waals surface area (Å²) < 4.78 is 6.31. The Morgan fingerprint density at radius 1 is 0.875 bits per heavy atom. The minimum atomic E-state index is -0.758. The fourth-order valence-corrected chi connectivity index (χ4v) is 6.52. The van der Waals surface area contributed by atoms with Crippen LogP contribution >= 0.6 is 0 Å². The molecule has 0 unspecified atom stereocenters. The normalized spacial score (nSPS) is 23.4. The first-order valence-electron chi connectivity index (χ1n) is 14.5. The quantitative estimate of drug-likeness (QED) is 0.188. The Balaban J connectivity index is 1.29. The molecule has 208 valence electrons. The van der Waals surface area contributed by atoms with Gasteiger partial charge >= 0.3 is 5.97 Å². The Bertz CT molecular complexity index is 1290. The van der Waals surface area contributed by atoms with E-state index in [0.717, 1.165) is 32.1 Å². The van der Waals surface area contributed by atoms with Crippen molar-refractivity contribution in [2.75, 3.05) is 6.61 Å². The molecule has 3 aromatic rings. The van der Waals surface area contributed by atoms with Gasteiger partial charge in [0.25, 0.3) is 0 Å². The Labute approximate surface area is 237 Å². The number of amides is 1. The predicted octanol–water partition coefficient (Wildman–Crippen LogP) is 6.72. The third-order valence-corrected chi connectivity index (χ3v) is 8.59. The molecule has 1 aliphatic heterocycles. The average Bonchev–Trinajstić information content (AvgIpc) is 3.54. The summed E-state index contributed by atoms with van der Waals surface area (Å²) in [6, 6.07) is 29.5. The van der Waals surface area contributed by atoms with E-state index in [4.69, 9.17) is 9.84 Å². The number of hydrogen-bond acceptors (Lipinski definition) is 3. The highest BCUT2D eigenvalue weighted by Gasteiger charge is 2.59. The van der Waals surface area contributed by atoms with Crippen molar-refractivity contribution < 1.29 is 19.4 Å². The SMILES string of the molecule is O=C(O)CCCC=CC[C@H]1[C@H](NC(=O)CCCc2ccccc2)[C@@H]2C[C@@]1(c1ccc(-c3ccccc3)cc1)CO2. The summed E-state index contributed by atoms with van der Waals surface area (Å²) in [7, 11) is 0. The summed E-state index contributed by atoms with van der Waals surface area (Å²) in [5.41, 5.74) is 4.74. The van der Waals surface area contributed by atoms with Crippen molar-refractivity contribution in [3.63, 3.8) is 0 Å². The third-order valence-electron chi connectivity index (χ3n) is 8.59. The van der Waals surface area contributed by atoms with E-state index in [9.17, 15) is 9.59 Å². The van der Waals surface area contributed by atoms with Crippen molar-refractivity contribution in [1.29, 1.82) is 0 Å². The van der Waals surface area contributed by atoms with Crippen molar-refractivity contribution >= 4 is 11.9 Å². The van der Waals surface area contributed by atoms with Gasteiger partial charge in [0.05, 0.1) is 18.8 Å². The maximum atomic E-state index is 13.1. The van der Waals surface area contributed by atoms with Gasteiger partial charge in [-0.1, -0.05) is 97.1 Å². The number of ether oxygens (including phenoxy) is 1. The van der Waals surface area contributed by atoms with E-state index in [2.05, 4.69) is 78.1 Å². The number of fused-ring (bicyclic) bond motifs is 2. The first kappa shape index (κ1) is 27.9. The number of hydrogen-bond donors (Lipinski definition) is 2. The Morgan fingerprint density at radius 2 is 1.57 bits per heavy atom. The van der Waals surface area contributed by atoms with Gasteiger partial charge in [0.1, 0.15) is 0 Å². The zero-order valence-electron chi connectivity index (χ0n) is 23.0. The second-order valence-electron chi connectivity index (χ2n) is 11.2. The van der Waals surface area contributed by atoms with Crippen LogP contribution < -0.4 is 5.32 Å². The number of allylic oxidation sites excluding steroid dienone is 2. The van der Waals surface area contributed by atoms with Gasteiger partial charge in [-0.3, -0.25) is 9.59 Å². The maximum Gasteiger partial charge on any atom is 0.303 e. The second kappa shape index (κ2) is 13.1. The van der Waals surface area contributed by atoms with Gasteiger partial charge in [-0.2, -0.15) is 0 Å². The number of carbonyl (C=O) groups is 2. The van der Waals surface area contributed by atoms with Crippen molar-refractivity contribution in [2.45, 2.75) is 68.9 Å².